The average molecular weight is 453 g/mol. The fourth-order valence-electron chi connectivity index (χ4n) is 4.46. The molecule has 32 heavy (non-hydrogen) atoms. The number of aryl methyl sites for hydroxylation is 1. The number of carbonyl (C=O) groups is 1. The summed E-state index contributed by atoms with van der Waals surface area (Å²) in [5.41, 5.74) is 2.28. The van der Waals surface area contributed by atoms with Gasteiger partial charge in [-0.15, -0.1) is 11.3 Å². The highest BCUT2D eigenvalue weighted by Gasteiger charge is 2.31. The zero-order chi connectivity index (χ0) is 22.1. The Kier molecular flexibility index (Phi) is 5.93. The van der Waals surface area contributed by atoms with E-state index in [9.17, 15) is 4.79 Å². The van der Waals surface area contributed by atoms with Crippen LogP contribution in [0.1, 0.15) is 59.3 Å². The third-order valence-electron chi connectivity index (χ3n) is 6.32. The SMILES string of the molecule is CCc1cc([C@@H](c2ccc3c(c2)OCO3)N2CCC(C)CC2)c(NC(=O)c2ccco2)s1. The van der Waals surface area contributed by atoms with Crippen molar-refractivity contribution < 1.29 is 18.7 Å². The second kappa shape index (κ2) is 9.00. The molecule has 1 aromatic carbocycles. The first-order chi connectivity index (χ1) is 15.6. The summed E-state index contributed by atoms with van der Waals surface area (Å²) in [6, 6.07) is 11.9. The molecular weight excluding hydrogens is 424 g/mol. The number of nitrogens with one attached hydrogen (secondary N) is 1. The Bertz CT molecular complexity index is 1080. The zero-order valence-corrected chi connectivity index (χ0v) is 19.2. The first kappa shape index (κ1) is 21.1. The monoisotopic (exact) mass is 452 g/mol. The molecule has 0 spiro atoms. The Balaban J connectivity index is 1.55. The van der Waals surface area contributed by atoms with Crippen molar-refractivity contribution in [3.05, 3.63) is 64.4 Å². The molecule has 1 saturated heterocycles. The van der Waals surface area contributed by atoms with Gasteiger partial charge < -0.3 is 19.2 Å². The van der Waals surface area contributed by atoms with Crippen LogP contribution < -0.4 is 14.8 Å². The van der Waals surface area contributed by atoms with Crippen molar-refractivity contribution in [2.45, 2.75) is 39.2 Å². The predicted octanol–water partition coefficient (Wildman–Crippen LogP) is 5.71. The van der Waals surface area contributed by atoms with E-state index < -0.39 is 0 Å². The second-order valence-corrected chi connectivity index (χ2v) is 9.65. The summed E-state index contributed by atoms with van der Waals surface area (Å²) in [5.74, 6) is 2.39. The molecule has 1 N–H and O–H groups in total. The largest absolute Gasteiger partial charge is 0.459 e. The Morgan fingerprint density at radius 3 is 2.75 bits per heavy atom. The summed E-state index contributed by atoms with van der Waals surface area (Å²) in [4.78, 5) is 16.6. The number of benzene rings is 1. The summed E-state index contributed by atoms with van der Waals surface area (Å²) >= 11 is 1.64. The number of ether oxygens (including phenoxy) is 2. The van der Waals surface area contributed by atoms with E-state index in [1.54, 1.807) is 23.5 Å². The van der Waals surface area contributed by atoms with E-state index in [1.165, 1.54) is 24.0 Å². The molecule has 2 aromatic heterocycles. The highest BCUT2D eigenvalue weighted by Crippen LogP contribution is 2.43. The van der Waals surface area contributed by atoms with Gasteiger partial charge in [-0.05, 0) is 74.2 Å². The Morgan fingerprint density at radius 1 is 1.19 bits per heavy atom. The van der Waals surface area contributed by atoms with Crippen LogP contribution in [0.5, 0.6) is 11.5 Å². The molecule has 6 nitrogen and oxygen atoms in total. The van der Waals surface area contributed by atoms with Gasteiger partial charge in [-0.3, -0.25) is 9.69 Å². The number of likely N-dealkylation sites (tertiary alicyclic amines) is 1. The zero-order valence-electron chi connectivity index (χ0n) is 18.4. The second-order valence-electron chi connectivity index (χ2n) is 8.52. The number of carbonyl (C=O) groups excluding carboxylic acids is 1. The van der Waals surface area contributed by atoms with Gasteiger partial charge in [-0.25, -0.2) is 0 Å². The molecule has 0 radical (unpaired) electrons. The summed E-state index contributed by atoms with van der Waals surface area (Å²) in [6.07, 6.45) is 4.77. The maximum absolute atomic E-state index is 12.8. The molecule has 4 heterocycles. The lowest BCUT2D eigenvalue weighted by atomic mass is 9.92. The van der Waals surface area contributed by atoms with Crippen LogP contribution in [0.4, 0.5) is 5.00 Å². The van der Waals surface area contributed by atoms with Crippen molar-refractivity contribution in [2.75, 3.05) is 25.2 Å². The van der Waals surface area contributed by atoms with E-state index in [0.29, 0.717) is 5.76 Å². The molecule has 1 fully saturated rings. The fourth-order valence-corrected chi connectivity index (χ4v) is 5.49. The molecule has 0 aliphatic carbocycles. The number of hydrogen-bond acceptors (Lipinski definition) is 6. The molecule has 2 aliphatic heterocycles. The molecule has 7 heteroatoms. The van der Waals surface area contributed by atoms with E-state index in [0.717, 1.165) is 53.1 Å². The van der Waals surface area contributed by atoms with Crippen molar-refractivity contribution in [3.63, 3.8) is 0 Å². The fraction of sp³-hybridized carbons (Fsp3) is 0.400. The molecule has 1 amide bonds. The highest BCUT2D eigenvalue weighted by molar-refractivity contribution is 7.16. The number of furan rings is 1. The molecule has 2 aliphatic rings. The van der Waals surface area contributed by atoms with Crippen molar-refractivity contribution in [1.29, 1.82) is 0 Å². The van der Waals surface area contributed by atoms with Crippen LogP contribution in [-0.4, -0.2) is 30.7 Å². The molecule has 5 rings (SSSR count). The lowest BCUT2D eigenvalue weighted by Gasteiger charge is -2.37. The highest BCUT2D eigenvalue weighted by atomic mass is 32.1. The van der Waals surface area contributed by atoms with Gasteiger partial charge in [0.1, 0.15) is 5.00 Å². The Morgan fingerprint density at radius 2 is 2.00 bits per heavy atom. The van der Waals surface area contributed by atoms with Gasteiger partial charge in [0.2, 0.25) is 6.79 Å². The van der Waals surface area contributed by atoms with Crippen LogP contribution in [0, 0.1) is 5.92 Å². The van der Waals surface area contributed by atoms with Crippen LogP contribution in [-0.2, 0) is 6.42 Å². The summed E-state index contributed by atoms with van der Waals surface area (Å²) in [7, 11) is 0. The summed E-state index contributed by atoms with van der Waals surface area (Å²) in [6.45, 7) is 6.76. The maximum Gasteiger partial charge on any atom is 0.291 e. The van der Waals surface area contributed by atoms with Gasteiger partial charge >= 0.3 is 0 Å². The van der Waals surface area contributed by atoms with Gasteiger partial charge in [0.15, 0.2) is 17.3 Å². The number of anilines is 1. The molecule has 3 aromatic rings. The first-order valence-electron chi connectivity index (χ1n) is 11.2. The Hall–Kier alpha value is -2.77. The summed E-state index contributed by atoms with van der Waals surface area (Å²) in [5, 5.41) is 4.00. The van der Waals surface area contributed by atoms with E-state index in [2.05, 4.69) is 42.3 Å². The minimum absolute atomic E-state index is 0.0282. The third-order valence-corrected chi connectivity index (χ3v) is 7.53. The van der Waals surface area contributed by atoms with Crippen LogP contribution in [0.25, 0.3) is 0 Å². The molecular formula is C25H28N2O4S. The van der Waals surface area contributed by atoms with Gasteiger partial charge in [0.25, 0.3) is 5.91 Å². The number of piperidine rings is 1. The third kappa shape index (κ3) is 4.14. The minimum atomic E-state index is -0.225. The van der Waals surface area contributed by atoms with Crippen LogP contribution in [0.3, 0.4) is 0 Å². The smallest absolute Gasteiger partial charge is 0.291 e. The lowest BCUT2D eigenvalue weighted by molar-refractivity contribution is 0.0996. The van der Waals surface area contributed by atoms with Crippen LogP contribution in [0.2, 0.25) is 0 Å². The standard InChI is InChI=1S/C25H28N2O4S/c1-3-18-14-19(25(32-18)26-24(28)21-5-4-12-29-21)23(27-10-8-16(2)9-11-27)17-6-7-20-22(13-17)31-15-30-20/h4-7,12-14,16,23H,3,8-11,15H2,1-2H3,(H,26,28)/t23-/m1/s1. The van der Waals surface area contributed by atoms with Gasteiger partial charge in [-0.1, -0.05) is 19.9 Å². The van der Waals surface area contributed by atoms with Crippen molar-refractivity contribution in [3.8, 4) is 11.5 Å². The predicted molar refractivity (Wildman–Crippen MR) is 125 cm³/mol. The molecule has 0 unspecified atom stereocenters. The summed E-state index contributed by atoms with van der Waals surface area (Å²) < 4.78 is 16.5. The van der Waals surface area contributed by atoms with Crippen LogP contribution in [0.15, 0.2) is 47.1 Å². The lowest BCUT2D eigenvalue weighted by Crippen LogP contribution is -2.37. The number of nitrogens with zero attached hydrogens (tertiary/aromatic N) is 1. The topological polar surface area (TPSA) is 63.9 Å². The maximum atomic E-state index is 12.8. The Labute approximate surface area is 192 Å². The van der Waals surface area contributed by atoms with Crippen molar-refractivity contribution in [2.24, 2.45) is 5.92 Å². The van der Waals surface area contributed by atoms with Crippen molar-refractivity contribution in [1.82, 2.24) is 4.90 Å². The van der Waals surface area contributed by atoms with E-state index in [-0.39, 0.29) is 18.7 Å². The van der Waals surface area contributed by atoms with Gasteiger partial charge in [0.05, 0.1) is 12.3 Å². The number of thiophene rings is 1. The first-order valence-corrected chi connectivity index (χ1v) is 12.0. The van der Waals surface area contributed by atoms with E-state index in [1.807, 2.05) is 6.07 Å². The number of hydrogen-bond donors (Lipinski definition) is 1. The average Bonchev–Trinajstić information content (AvgIpc) is 3.56. The molecule has 0 saturated carbocycles. The normalized spacial score (nSPS) is 17.4. The minimum Gasteiger partial charge on any atom is -0.459 e. The van der Waals surface area contributed by atoms with Crippen molar-refractivity contribution >= 4 is 22.2 Å². The van der Waals surface area contributed by atoms with Crippen LogP contribution >= 0.6 is 11.3 Å². The number of fused-ring (bicyclic) bond motifs is 1. The van der Waals surface area contributed by atoms with Gasteiger partial charge in [0, 0.05) is 10.4 Å². The molecule has 0 bridgehead atoms. The number of rotatable bonds is 6. The molecule has 168 valence electrons. The van der Waals surface area contributed by atoms with Gasteiger partial charge in [-0.2, -0.15) is 0 Å². The molecule has 1 atom stereocenters. The van der Waals surface area contributed by atoms with E-state index >= 15 is 0 Å². The number of amides is 1. The quantitative estimate of drug-likeness (QED) is 0.519. The van der Waals surface area contributed by atoms with E-state index in [4.69, 9.17) is 13.9 Å².